The van der Waals surface area contributed by atoms with Gasteiger partial charge in [0.1, 0.15) is 17.8 Å². The van der Waals surface area contributed by atoms with E-state index in [0.717, 1.165) is 66.9 Å². The second-order valence-corrected chi connectivity index (χ2v) is 8.76. The number of rotatable bonds is 4. The Morgan fingerprint density at radius 1 is 1.16 bits per heavy atom. The van der Waals surface area contributed by atoms with Gasteiger partial charge in [0.25, 0.3) is 0 Å². The van der Waals surface area contributed by atoms with Gasteiger partial charge in [0.05, 0.1) is 5.39 Å². The van der Waals surface area contributed by atoms with E-state index in [-0.39, 0.29) is 11.8 Å². The molecule has 2 fully saturated rings. The fourth-order valence-corrected chi connectivity index (χ4v) is 5.33. The van der Waals surface area contributed by atoms with E-state index in [2.05, 4.69) is 45.4 Å². The standard InChI is InChI=1S/C25H29N5O2/c1-3-20(31)30-11-8-19(14-30)23-21(22-24(26)27-15-28-25(22)29(23)2)18-6-4-16(5-7-18)17-9-12-32-13-10-17/h3-7,15,17,19H,1,8-14H2,2H3,(H2,26,27,28). The summed E-state index contributed by atoms with van der Waals surface area (Å²) in [7, 11) is 2.03. The van der Waals surface area contributed by atoms with Crippen LogP contribution in [0.1, 0.15) is 42.4 Å². The molecule has 3 aromatic rings. The van der Waals surface area contributed by atoms with Crippen LogP contribution in [0.5, 0.6) is 0 Å². The number of hydrogen-bond donors (Lipinski definition) is 1. The van der Waals surface area contributed by atoms with E-state index in [4.69, 9.17) is 10.5 Å². The molecule has 7 heteroatoms. The summed E-state index contributed by atoms with van der Waals surface area (Å²) < 4.78 is 7.65. The maximum absolute atomic E-state index is 12.2. The minimum absolute atomic E-state index is 0.0204. The number of nitrogen functional groups attached to an aromatic ring is 1. The third-order valence-electron chi connectivity index (χ3n) is 7.00. The Morgan fingerprint density at radius 3 is 2.62 bits per heavy atom. The Balaban J connectivity index is 1.59. The quantitative estimate of drug-likeness (QED) is 0.638. The molecule has 1 aromatic carbocycles. The van der Waals surface area contributed by atoms with Gasteiger partial charge >= 0.3 is 0 Å². The van der Waals surface area contributed by atoms with Crippen molar-refractivity contribution in [3.63, 3.8) is 0 Å². The maximum atomic E-state index is 12.2. The minimum Gasteiger partial charge on any atom is -0.383 e. The van der Waals surface area contributed by atoms with Gasteiger partial charge in [0, 0.05) is 50.5 Å². The smallest absolute Gasteiger partial charge is 0.245 e. The lowest BCUT2D eigenvalue weighted by Gasteiger charge is -2.22. The van der Waals surface area contributed by atoms with Crippen LogP contribution >= 0.6 is 0 Å². The summed E-state index contributed by atoms with van der Waals surface area (Å²) in [4.78, 5) is 22.9. The molecule has 32 heavy (non-hydrogen) atoms. The zero-order valence-corrected chi connectivity index (χ0v) is 18.5. The van der Waals surface area contributed by atoms with Crippen molar-refractivity contribution < 1.29 is 9.53 Å². The van der Waals surface area contributed by atoms with Crippen LogP contribution in [0.15, 0.2) is 43.2 Å². The first kappa shape index (κ1) is 20.7. The summed E-state index contributed by atoms with van der Waals surface area (Å²) >= 11 is 0. The number of benzene rings is 1. The number of fused-ring (bicyclic) bond motifs is 1. The molecule has 0 bridgehead atoms. The molecule has 0 saturated carbocycles. The molecule has 4 heterocycles. The van der Waals surface area contributed by atoms with Crippen LogP contribution in [0.4, 0.5) is 5.82 Å². The van der Waals surface area contributed by atoms with Gasteiger partial charge in [-0.3, -0.25) is 4.79 Å². The SMILES string of the molecule is C=CC(=O)N1CCC(c2c(-c3ccc(C4CCOCC4)cc3)c3c(N)ncnc3n2C)C1. The molecule has 166 valence electrons. The van der Waals surface area contributed by atoms with Crippen molar-refractivity contribution in [3.8, 4) is 11.1 Å². The van der Waals surface area contributed by atoms with Crippen molar-refractivity contribution in [1.82, 2.24) is 19.4 Å². The van der Waals surface area contributed by atoms with E-state index in [1.54, 1.807) is 0 Å². The number of likely N-dealkylation sites (tertiary alicyclic amines) is 1. The Hall–Kier alpha value is -3.19. The van der Waals surface area contributed by atoms with Crippen molar-refractivity contribution >= 4 is 22.8 Å². The zero-order chi connectivity index (χ0) is 22.2. The van der Waals surface area contributed by atoms with Crippen LogP contribution in [-0.4, -0.2) is 51.6 Å². The normalized spacial score (nSPS) is 19.5. The molecular formula is C25H29N5O2. The van der Waals surface area contributed by atoms with Gasteiger partial charge in [-0.25, -0.2) is 9.97 Å². The van der Waals surface area contributed by atoms with Crippen molar-refractivity contribution in [1.29, 1.82) is 0 Å². The molecule has 1 amide bonds. The van der Waals surface area contributed by atoms with Crippen molar-refractivity contribution in [2.24, 2.45) is 7.05 Å². The van der Waals surface area contributed by atoms with Crippen LogP contribution in [0, 0.1) is 0 Å². The van der Waals surface area contributed by atoms with Crippen LogP contribution in [0.3, 0.4) is 0 Å². The predicted molar refractivity (Wildman–Crippen MR) is 125 cm³/mol. The highest BCUT2D eigenvalue weighted by Crippen LogP contribution is 2.42. The summed E-state index contributed by atoms with van der Waals surface area (Å²) in [6.45, 7) is 6.68. The molecule has 2 aromatic heterocycles. The first-order valence-electron chi connectivity index (χ1n) is 11.3. The van der Waals surface area contributed by atoms with Crippen LogP contribution < -0.4 is 5.73 Å². The molecule has 2 aliphatic heterocycles. The molecule has 1 atom stereocenters. The largest absolute Gasteiger partial charge is 0.383 e. The summed E-state index contributed by atoms with van der Waals surface area (Å²) in [5.41, 5.74) is 11.9. The van der Waals surface area contributed by atoms with E-state index in [1.807, 2.05) is 11.9 Å². The summed E-state index contributed by atoms with van der Waals surface area (Å²) in [5.74, 6) is 1.21. The molecule has 2 saturated heterocycles. The van der Waals surface area contributed by atoms with Gasteiger partial charge in [0.2, 0.25) is 5.91 Å². The number of aryl methyl sites for hydroxylation is 1. The van der Waals surface area contributed by atoms with Gasteiger partial charge in [-0.2, -0.15) is 0 Å². The number of carbonyl (C=O) groups is 1. The highest BCUT2D eigenvalue weighted by molar-refractivity contribution is 6.02. The van der Waals surface area contributed by atoms with Gasteiger partial charge in [-0.15, -0.1) is 0 Å². The summed E-state index contributed by atoms with van der Waals surface area (Å²) in [6.07, 6.45) is 5.93. The Bertz CT molecular complexity index is 1160. The highest BCUT2D eigenvalue weighted by Gasteiger charge is 2.32. The van der Waals surface area contributed by atoms with Crippen molar-refractivity contribution in [2.45, 2.75) is 31.1 Å². The molecule has 2 aliphatic rings. The Morgan fingerprint density at radius 2 is 1.91 bits per heavy atom. The number of ether oxygens (including phenoxy) is 1. The number of anilines is 1. The number of carbonyl (C=O) groups excluding carboxylic acids is 1. The molecule has 2 N–H and O–H groups in total. The lowest BCUT2D eigenvalue weighted by atomic mass is 9.89. The molecule has 0 radical (unpaired) electrons. The summed E-state index contributed by atoms with van der Waals surface area (Å²) in [5, 5.41) is 0.886. The topological polar surface area (TPSA) is 86.3 Å². The first-order chi connectivity index (χ1) is 15.6. The average Bonchev–Trinajstić information content (AvgIpc) is 3.43. The number of nitrogens with two attached hydrogens (primary N) is 1. The highest BCUT2D eigenvalue weighted by atomic mass is 16.5. The van der Waals surface area contributed by atoms with Gasteiger partial charge in [-0.1, -0.05) is 30.8 Å². The lowest BCUT2D eigenvalue weighted by Crippen LogP contribution is -2.26. The van der Waals surface area contributed by atoms with E-state index >= 15 is 0 Å². The van der Waals surface area contributed by atoms with Gasteiger partial charge < -0.3 is 19.9 Å². The van der Waals surface area contributed by atoms with Crippen molar-refractivity contribution in [2.75, 3.05) is 32.0 Å². The van der Waals surface area contributed by atoms with Gasteiger partial charge in [0.15, 0.2) is 0 Å². The van der Waals surface area contributed by atoms with Crippen LogP contribution in [0.25, 0.3) is 22.2 Å². The van der Waals surface area contributed by atoms with E-state index in [0.29, 0.717) is 18.3 Å². The van der Waals surface area contributed by atoms with E-state index in [1.165, 1.54) is 18.0 Å². The molecule has 0 aliphatic carbocycles. The van der Waals surface area contributed by atoms with Crippen molar-refractivity contribution in [3.05, 3.63) is 54.5 Å². The monoisotopic (exact) mass is 431 g/mol. The third-order valence-corrected chi connectivity index (χ3v) is 7.00. The number of hydrogen-bond acceptors (Lipinski definition) is 5. The maximum Gasteiger partial charge on any atom is 0.245 e. The van der Waals surface area contributed by atoms with Crippen LogP contribution in [0.2, 0.25) is 0 Å². The Kier molecular flexibility index (Phi) is 5.43. The number of nitrogens with zero attached hydrogens (tertiary/aromatic N) is 4. The fourth-order valence-electron chi connectivity index (χ4n) is 5.33. The average molecular weight is 432 g/mol. The predicted octanol–water partition coefficient (Wildman–Crippen LogP) is 3.61. The van der Waals surface area contributed by atoms with E-state index in [9.17, 15) is 4.79 Å². The summed E-state index contributed by atoms with van der Waals surface area (Å²) in [6, 6.07) is 8.85. The van der Waals surface area contributed by atoms with Crippen LogP contribution in [-0.2, 0) is 16.6 Å². The zero-order valence-electron chi connectivity index (χ0n) is 18.5. The molecule has 5 rings (SSSR count). The first-order valence-corrected chi connectivity index (χ1v) is 11.3. The van der Waals surface area contributed by atoms with E-state index < -0.39 is 0 Å². The fraction of sp³-hybridized carbons (Fsp3) is 0.400. The Labute approximate surface area is 187 Å². The molecular weight excluding hydrogens is 402 g/mol. The lowest BCUT2D eigenvalue weighted by molar-refractivity contribution is -0.125. The molecule has 0 spiro atoms. The minimum atomic E-state index is -0.0204. The third kappa shape index (κ3) is 3.46. The number of amides is 1. The second-order valence-electron chi connectivity index (χ2n) is 8.76. The van der Waals surface area contributed by atoms with Gasteiger partial charge in [-0.05, 0) is 42.4 Å². The molecule has 1 unspecified atom stereocenters. The molecule has 7 nitrogen and oxygen atoms in total. The number of aromatic nitrogens is 3. The second kappa shape index (κ2) is 8.39.